The number of nitrogens with zero attached hydrogens (tertiary/aromatic N) is 3. The van der Waals surface area contributed by atoms with Crippen molar-refractivity contribution in [3.05, 3.63) is 29.7 Å². The molecule has 0 unspecified atom stereocenters. The van der Waals surface area contributed by atoms with Crippen molar-refractivity contribution < 1.29 is 13.2 Å². The number of halogens is 3. The lowest BCUT2D eigenvalue weighted by molar-refractivity contribution is 0.144. The Morgan fingerprint density at radius 1 is 1.36 bits per heavy atom. The summed E-state index contributed by atoms with van der Waals surface area (Å²) >= 11 is 0. The first-order chi connectivity index (χ1) is 6.58. The van der Waals surface area contributed by atoms with E-state index in [4.69, 9.17) is 0 Å². The normalized spacial score (nSPS) is 11.5. The quantitative estimate of drug-likeness (QED) is 0.661. The van der Waals surface area contributed by atoms with E-state index in [1.807, 2.05) is 0 Å². The summed E-state index contributed by atoms with van der Waals surface area (Å²) in [4.78, 5) is 6.99. The average Bonchev–Trinajstić information content (AvgIpc) is 2.45. The molecule has 0 fully saturated rings. The Balaban J connectivity index is 2.71. The molecule has 14 heavy (non-hydrogen) atoms. The van der Waals surface area contributed by atoms with Gasteiger partial charge in [-0.25, -0.2) is 18.7 Å². The van der Waals surface area contributed by atoms with Crippen molar-refractivity contribution in [2.45, 2.75) is 13.3 Å². The number of fused-ring (bicyclic) bond motifs is 1. The number of aryl methyl sites for hydroxylation is 1. The highest BCUT2D eigenvalue weighted by molar-refractivity contribution is 5.40. The summed E-state index contributed by atoms with van der Waals surface area (Å²) in [5.74, 6) is 0. The smallest absolute Gasteiger partial charge is 0.260 e. The van der Waals surface area contributed by atoms with Gasteiger partial charge in [-0.1, -0.05) is 0 Å². The van der Waals surface area contributed by atoms with Gasteiger partial charge in [-0.2, -0.15) is 4.39 Å². The first-order valence-corrected chi connectivity index (χ1v) is 3.88. The number of hydrogen-bond donors (Lipinski definition) is 0. The predicted molar refractivity (Wildman–Crippen MR) is 42.6 cm³/mol. The third kappa shape index (κ3) is 1.32. The van der Waals surface area contributed by atoms with E-state index >= 15 is 0 Å². The van der Waals surface area contributed by atoms with E-state index in [0.29, 0.717) is 5.69 Å². The zero-order valence-electron chi connectivity index (χ0n) is 7.21. The maximum Gasteiger partial charge on any atom is 0.295 e. The first kappa shape index (κ1) is 8.98. The van der Waals surface area contributed by atoms with Crippen LogP contribution in [0.3, 0.4) is 0 Å². The van der Waals surface area contributed by atoms with Gasteiger partial charge in [-0.15, -0.1) is 0 Å². The highest BCUT2D eigenvalue weighted by atomic mass is 19.3. The third-order valence-electron chi connectivity index (χ3n) is 1.77. The maximum atomic E-state index is 13.1. The second-order valence-corrected chi connectivity index (χ2v) is 2.86. The number of imidazole rings is 1. The molecule has 0 radical (unpaired) electrons. The molecule has 0 N–H and O–H groups in total. The molecule has 2 heterocycles. The molecule has 0 saturated carbocycles. The fourth-order valence-electron chi connectivity index (χ4n) is 1.20. The molecule has 0 saturated heterocycles. The SMILES string of the molecule is Cc1cn2c(F)nc(C(F)F)cc2n1. The number of rotatable bonds is 1. The molecule has 0 aliphatic carbocycles. The number of alkyl halides is 2. The van der Waals surface area contributed by atoms with Gasteiger partial charge >= 0.3 is 0 Å². The highest BCUT2D eigenvalue weighted by Gasteiger charge is 2.14. The van der Waals surface area contributed by atoms with E-state index in [9.17, 15) is 13.2 Å². The minimum Gasteiger partial charge on any atom is -0.260 e. The Labute approximate surface area is 77.2 Å². The van der Waals surface area contributed by atoms with Crippen LogP contribution in [0.4, 0.5) is 13.2 Å². The molecule has 0 aliphatic heterocycles. The Hall–Kier alpha value is -1.59. The van der Waals surface area contributed by atoms with Crippen LogP contribution in [0.5, 0.6) is 0 Å². The largest absolute Gasteiger partial charge is 0.295 e. The Bertz CT molecular complexity index is 478. The van der Waals surface area contributed by atoms with Crippen LogP contribution in [0.2, 0.25) is 0 Å². The molecule has 2 aromatic rings. The third-order valence-corrected chi connectivity index (χ3v) is 1.77. The molecule has 0 spiro atoms. The Morgan fingerprint density at radius 3 is 2.71 bits per heavy atom. The van der Waals surface area contributed by atoms with Gasteiger partial charge in [0, 0.05) is 12.3 Å². The molecular weight excluding hydrogens is 195 g/mol. The fraction of sp³-hybridized carbons (Fsp3) is 0.250. The second kappa shape index (κ2) is 2.97. The van der Waals surface area contributed by atoms with Crippen LogP contribution in [0, 0.1) is 13.0 Å². The van der Waals surface area contributed by atoms with E-state index in [1.165, 1.54) is 6.20 Å². The second-order valence-electron chi connectivity index (χ2n) is 2.86. The van der Waals surface area contributed by atoms with E-state index in [-0.39, 0.29) is 5.65 Å². The summed E-state index contributed by atoms with van der Waals surface area (Å²) in [5.41, 5.74) is 0.100. The zero-order chi connectivity index (χ0) is 10.3. The number of aromatic nitrogens is 3. The number of hydrogen-bond acceptors (Lipinski definition) is 2. The molecule has 0 amide bonds. The molecule has 0 bridgehead atoms. The van der Waals surface area contributed by atoms with Gasteiger partial charge in [0.2, 0.25) is 0 Å². The van der Waals surface area contributed by atoms with Crippen LogP contribution in [-0.2, 0) is 0 Å². The maximum absolute atomic E-state index is 13.1. The van der Waals surface area contributed by atoms with Crippen molar-refractivity contribution in [1.29, 1.82) is 0 Å². The van der Waals surface area contributed by atoms with Gasteiger partial charge in [-0.05, 0) is 6.92 Å². The first-order valence-electron chi connectivity index (χ1n) is 3.88. The Morgan fingerprint density at radius 2 is 2.07 bits per heavy atom. The minimum absolute atomic E-state index is 0.144. The van der Waals surface area contributed by atoms with Gasteiger partial charge in [-0.3, -0.25) is 4.40 Å². The topological polar surface area (TPSA) is 30.2 Å². The van der Waals surface area contributed by atoms with Crippen LogP contribution in [0.25, 0.3) is 5.65 Å². The lowest BCUT2D eigenvalue weighted by Gasteiger charge is -2.00. The average molecular weight is 201 g/mol. The van der Waals surface area contributed by atoms with E-state index in [0.717, 1.165) is 10.5 Å². The molecule has 2 rings (SSSR count). The molecule has 0 aliphatic rings. The van der Waals surface area contributed by atoms with Gasteiger partial charge in [0.1, 0.15) is 11.3 Å². The summed E-state index contributed by atoms with van der Waals surface area (Å²) in [6.45, 7) is 1.65. The van der Waals surface area contributed by atoms with Gasteiger partial charge in [0.15, 0.2) is 0 Å². The molecule has 6 heteroatoms. The lowest BCUT2D eigenvalue weighted by Crippen LogP contribution is -2.00. The summed E-state index contributed by atoms with van der Waals surface area (Å²) in [7, 11) is 0. The predicted octanol–water partition coefficient (Wildman–Crippen LogP) is 2.11. The standard InChI is InChI=1S/C8H6F3N3/c1-4-3-14-6(12-4)2-5(7(9)10)13-8(14)11/h2-3,7H,1H3. The van der Waals surface area contributed by atoms with Crippen molar-refractivity contribution in [2.75, 3.05) is 0 Å². The van der Waals surface area contributed by atoms with E-state index in [1.54, 1.807) is 6.92 Å². The van der Waals surface area contributed by atoms with E-state index < -0.39 is 18.2 Å². The summed E-state index contributed by atoms with van der Waals surface area (Å²) in [6, 6.07) is 1.07. The Kier molecular flexibility index (Phi) is 1.90. The van der Waals surface area contributed by atoms with Gasteiger partial charge < -0.3 is 0 Å². The molecule has 2 aromatic heterocycles. The van der Waals surface area contributed by atoms with Crippen LogP contribution in [0.1, 0.15) is 17.8 Å². The lowest BCUT2D eigenvalue weighted by atomic mass is 10.4. The van der Waals surface area contributed by atoms with Crippen molar-refractivity contribution >= 4 is 5.65 Å². The zero-order valence-corrected chi connectivity index (χ0v) is 7.21. The van der Waals surface area contributed by atoms with E-state index in [2.05, 4.69) is 9.97 Å². The van der Waals surface area contributed by atoms with Gasteiger partial charge in [0.05, 0.1) is 5.69 Å². The van der Waals surface area contributed by atoms with Crippen LogP contribution < -0.4 is 0 Å². The van der Waals surface area contributed by atoms with Crippen LogP contribution >= 0.6 is 0 Å². The monoisotopic (exact) mass is 201 g/mol. The summed E-state index contributed by atoms with van der Waals surface area (Å²) in [5, 5.41) is 0. The van der Waals surface area contributed by atoms with Crippen LogP contribution in [-0.4, -0.2) is 14.4 Å². The highest BCUT2D eigenvalue weighted by Crippen LogP contribution is 2.18. The molecular formula is C8H6F3N3. The summed E-state index contributed by atoms with van der Waals surface area (Å²) < 4.78 is 38.6. The van der Waals surface area contributed by atoms with Gasteiger partial charge in [0.25, 0.3) is 12.5 Å². The molecule has 3 nitrogen and oxygen atoms in total. The van der Waals surface area contributed by atoms with Crippen molar-refractivity contribution in [2.24, 2.45) is 0 Å². The fourth-order valence-corrected chi connectivity index (χ4v) is 1.20. The van der Waals surface area contributed by atoms with Crippen LogP contribution in [0.15, 0.2) is 12.3 Å². The van der Waals surface area contributed by atoms with Crippen molar-refractivity contribution in [3.8, 4) is 0 Å². The molecule has 0 atom stereocenters. The van der Waals surface area contributed by atoms with Crippen molar-refractivity contribution in [3.63, 3.8) is 0 Å². The molecule has 0 aromatic carbocycles. The summed E-state index contributed by atoms with van der Waals surface area (Å²) in [6.07, 6.45) is -2.36. The van der Waals surface area contributed by atoms with Crippen molar-refractivity contribution in [1.82, 2.24) is 14.4 Å². The molecule has 74 valence electrons. The minimum atomic E-state index is -2.79.